The molecule has 0 radical (unpaired) electrons. The highest BCUT2D eigenvalue weighted by Gasteiger charge is 2.27. The van der Waals surface area contributed by atoms with Gasteiger partial charge in [-0.05, 0) is 25.8 Å². The predicted molar refractivity (Wildman–Crippen MR) is 74.7 cm³/mol. The SMILES string of the molecule is Cc1c(-c2nnc(C(=O)NC3CC3)o2)oc2ccccc12. The van der Waals surface area contributed by atoms with Crippen LogP contribution in [0.4, 0.5) is 0 Å². The lowest BCUT2D eigenvalue weighted by Crippen LogP contribution is -2.25. The fourth-order valence-corrected chi connectivity index (χ4v) is 2.26. The molecule has 1 amide bonds. The van der Waals surface area contributed by atoms with E-state index in [2.05, 4.69) is 15.5 Å². The van der Waals surface area contributed by atoms with E-state index < -0.39 is 0 Å². The van der Waals surface area contributed by atoms with Gasteiger partial charge in [-0.2, -0.15) is 0 Å². The molecule has 21 heavy (non-hydrogen) atoms. The number of carbonyl (C=O) groups excluding carboxylic acids is 1. The summed E-state index contributed by atoms with van der Waals surface area (Å²) in [5.41, 5.74) is 1.68. The normalized spacial score (nSPS) is 14.5. The zero-order valence-electron chi connectivity index (χ0n) is 11.4. The van der Waals surface area contributed by atoms with E-state index in [-0.39, 0.29) is 23.7 Å². The van der Waals surface area contributed by atoms with E-state index in [4.69, 9.17) is 8.83 Å². The molecule has 2 heterocycles. The Labute approximate surface area is 120 Å². The molecule has 106 valence electrons. The standard InChI is InChI=1S/C15H13N3O3/c1-8-10-4-2-3-5-11(10)20-12(8)14-17-18-15(21-14)13(19)16-9-6-7-9/h2-5,9H,6-7H2,1H3,(H,16,19). The van der Waals surface area contributed by atoms with E-state index in [1.807, 2.05) is 31.2 Å². The van der Waals surface area contributed by atoms with Crippen molar-refractivity contribution in [1.82, 2.24) is 15.5 Å². The maximum Gasteiger partial charge on any atom is 0.309 e. The Hall–Kier alpha value is -2.63. The lowest BCUT2D eigenvalue weighted by atomic mass is 10.1. The van der Waals surface area contributed by atoms with E-state index >= 15 is 0 Å². The van der Waals surface area contributed by atoms with Crippen molar-refractivity contribution in [2.45, 2.75) is 25.8 Å². The van der Waals surface area contributed by atoms with Gasteiger partial charge in [-0.25, -0.2) is 0 Å². The van der Waals surface area contributed by atoms with E-state index in [0.29, 0.717) is 5.76 Å². The first-order valence-electron chi connectivity index (χ1n) is 6.85. The smallest absolute Gasteiger partial charge is 0.309 e. The number of hydrogen-bond donors (Lipinski definition) is 1. The minimum absolute atomic E-state index is 0.0308. The molecule has 2 aromatic heterocycles. The Morgan fingerprint density at radius 3 is 2.81 bits per heavy atom. The summed E-state index contributed by atoms with van der Waals surface area (Å²) >= 11 is 0. The molecule has 6 nitrogen and oxygen atoms in total. The molecule has 0 aliphatic heterocycles. The van der Waals surface area contributed by atoms with E-state index in [1.54, 1.807) is 0 Å². The summed E-state index contributed by atoms with van der Waals surface area (Å²) in [7, 11) is 0. The lowest BCUT2D eigenvalue weighted by Gasteiger charge is -1.96. The van der Waals surface area contributed by atoms with Gasteiger partial charge >= 0.3 is 11.8 Å². The predicted octanol–water partition coefficient (Wildman–Crippen LogP) is 2.68. The van der Waals surface area contributed by atoms with Gasteiger partial charge in [0.05, 0.1) is 0 Å². The Bertz CT molecular complexity index is 830. The number of rotatable bonds is 3. The average Bonchev–Trinajstić information content (AvgIpc) is 3.06. The van der Waals surface area contributed by atoms with Crippen molar-refractivity contribution in [2.24, 2.45) is 0 Å². The van der Waals surface area contributed by atoms with Gasteiger partial charge in [-0.1, -0.05) is 18.2 Å². The van der Waals surface area contributed by atoms with Crippen molar-refractivity contribution in [1.29, 1.82) is 0 Å². The highest BCUT2D eigenvalue weighted by Crippen LogP contribution is 2.32. The van der Waals surface area contributed by atoms with Crippen LogP contribution in [0.15, 0.2) is 33.1 Å². The molecule has 3 aromatic rings. The van der Waals surface area contributed by atoms with Crippen LogP contribution >= 0.6 is 0 Å². The van der Waals surface area contributed by atoms with Crippen LogP contribution in [0.25, 0.3) is 22.6 Å². The first-order chi connectivity index (χ1) is 10.2. The quantitative estimate of drug-likeness (QED) is 0.799. The first kappa shape index (κ1) is 12.1. The van der Waals surface area contributed by atoms with E-state index in [0.717, 1.165) is 29.4 Å². The van der Waals surface area contributed by atoms with Crippen LogP contribution in [0, 0.1) is 6.92 Å². The highest BCUT2D eigenvalue weighted by molar-refractivity contribution is 5.90. The summed E-state index contributed by atoms with van der Waals surface area (Å²) in [5, 5.41) is 11.5. The second kappa shape index (κ2) is 4.44. The van der Waals surface area contributed by atoms with Crippen LogP contribution in [-0.4, -0.2) is 22.1 Å². The summed E-state index contributed by atoms with van der Waals surface area (Å²) in [5.74, 6) is 0.376. The highest BCUT2D eigenvalue weighted by atomic mass is 16.4. The molecule has 6 heteroatoms. The number of nitrogens with one attached hydrogen (secondary N) is 1. The number of furan rings is 1. The van der Waals surface area contributed by atoms with Gasteiger partial charge in [0.2, 0.25) is 0 Å². The topological polar surface area (TPSA) is 81.2 Å². The number of benzene rings is 1. The number of fused-ring (bicyclic) bond motifs is 1. The Balaban J connectivity index is 1.70. The van der Waals surface area contributed by atoms with Crippen LogP contribution in [0.1, 0.15) is 29.1 Å². The van der Waals surface area contributed by atoms with Crippen molar-refractivity contribution in [3.8, 4) is 11.7 Å². The maximum atomic E-state index is 11.9. The molecule has 0 bridgehead atoms. The van der Waals surface area contributed by atoms with Crippen LogP contribution in [0.5, 0.6) is 0 Å². The second-order valence-corrected chi connectivity index (χ2v) is 5.21. The fourth-order valence-electron chi connectivity index (χ4n) is 2.26. The first-order valence-corrected chi connectivity index (χ1v) is 6.85. The molecule has 1 aliphatic rings. The lowest BCUT2D eigenvalue weighted by molar-refractivity contribution is 0.0917. The second-order valence-electron chi connectivity index (χ2n) is 5.21. The molecule has 4 rings (SSSR count). The molecular weight excluding hydrogens is 270 g/mol. The number of amides is 1. The number of aromatic nitrogens is 2. The third-order valence-corrected chi connectivity index (χ3v) is 3.57. The summed E-state index contributed by atoms with van der Waals surface area (Å²) in [6.07, 6.45) is 2.02. The molecule has 0 atom stereocenters. The summed E-state index contributed by atoms with van der Waals surface area (Å²) in [4.78, 5) is 11.9. The molecule has 0 saturated heterocycles. The number of aryl methyl sites for hydroxylation is 1. The molecule has 0 unspecified atom stereocenters. The van der Waals surface area contributed by atoms with Gasteiger partial charge in [-0.3, -0.25) is 4.79 Å². The molecular formula is C15H13N3O3. The van der Waals surface area contributed by atoms with Gasteiger partial charge < -0.3 is 14.2 Å². The van der Waals surface area contributed by atoms with Crippen molar-refractivity contribution in [3.05, 3.63) is 35.7 Å². The molecule has 0 spiro atoms. The zero-order chi connectivity index (χ0) is 14.4. The molecule has 1 N–H and O–H groups in total. The van der Waals surface area contributed by atoms with Crippen molar-refractivity contribution >= 4 is 16.9 Å². The Kier molecular flexibility index (Phi) is 2.57. The summed E-state index contributed by atoms with van der Waals surface area (Å²) in [6.45, 7) is 1.93. The van der Waals surface area contributed by atoms with Crippen molar-refractivity contribution in [2.75, 3.05) is 0 Å². The molecule has 1 aliphatic carbocycles. The number of hydrogen-bond acceptors (Lipinski definition) is 5. The average molecular weight is 283 g/mol. The van der Waals surface area contributed by atoms with Gasteiger partial charge in [0, 0.05) is 17.0 Å². The van der Waals surface area contributed by atoms with Gasteiger partial charge in [0.15, 0.2) is 5.76 Å². The van der Waals surface area contributed by atoms with Gasteiger partial charge in [-0.15, -0.1) is 10.2 Å². The molecule has 1 saturated carbocycles. The summed E-state index contributed by atoms with van der Waals surface area (Å²) in [6, 6.07) is 7.94. The van der Waals surface area contributed by atoms with Crippen molar-refractivity contribution < 1.29 is 13.6 Å². The van der Waals surface area contributed by atoms with Crippen LogP contribution in [0.3, 0.4) is 0 Å². The van der Waals surface area contributed by atoms with E-state index in [9.17, 15) is 4.79 Å². The third kappa shape index (κ3) is 2.08. The van der Waals surface area contributed by atoms with E-state index in [1.165, 1.54) is 0 Å². The summed E-state index contributed by atoms with van der Waals surface area (Å²) < 4.78 is 11.2. The zero-order valence-corrected chi connectivity index (χ0v) is 11.4. The van der Waals surface area contributed by atoms with Crippen LogP contribution < -0.4 is 5.32 Å². The maximum absolute atomic E-state index is 11.9. The minimum atomic E-state index is -0.329. The Morgan fingerprint density at radius 2 is 2.05 bits per heavy atom. The van der Waals surface area contributed by atoms with Crippen LogP contribution in [-0.2, 0) is 0 Å². The number of para-hydroxylation sites is 1. The Morgan fingerprint density at radius 1 is 1.24 bits per heavy atom. The van der Waals surface area contributed by atoms with Gasteiger partial charge in [0.1, 0.15) is 5.58 Å². The number of carbonyl (C=O) groups is 1. The minimum Gasteiger partial charge on any atom is -0.451 e. The monoisotopic (exact) mass is 283 g/mol. The van der Waals surface area contributed by atoms with Crippen molar-refractivity contribution in [3.63, 3.8) is 0 Å². The molecule has 1 aromatic carbocycles. The largest absolute Gasteiger partial charge is 0.451 e. The third-order valence-electron chi connectivity index (χ3n) is 3.57. The van der Waals surface area contributed by atoms with Crippen LogP contribution in [0.2, 0.25) is 0 Å². The fraction of sp³-hybridized carbons (Fsp3) is 0.267. The molecule has 1 fully saturated rings. The van der Waals surface area contributed by atoms with Gasteiger partial charge in [0.25, 0.3) is 5.89 Å². The number of nitrogens with zero attached hydrogens (tertiary/aromatic N) is 2.